The van der Waals surface area contributed by atoms with Gasteiger partial charge in [-0.25, -0.2) is 0 Å². The highest BCUT2D eigenvalue weighted by Crippen LogP contribution is 2.40. The second kappa shape index (κ2) is 6.73. The van der Waals surface area contributed by atoms with E-state index in [0.29, 0.717) is 31.5 Å². The molecule has 2 aliphatic rings. The summed E-state index contributed by atoms with van der Waals surface area (Å²) in [7, 11) is -0.0870. The summed E-state index contributed by atoms with van der Waals surface area (Å²) in [5, 5.41) is 0. The third-order valence-electron chi connectivity index (χ3n) is 4.99. The number of nitrogens with zero attached hydrogens (tertiary/aromatic N) is 2. The monoisotopic (exact) mass is 304 g/mol. The Labute approximate surface area is 123 Å². The fourth-order valence-corrected chi connectivity index (χ4v) is 5.28. The SMILES string of the molecule is COCCN(C)S(=O)(=O)N1CC[C@H](C)[C@H]2CCCC[C@@H]21. The Morgan fingerprint density at radius 2 is 1.95 bits per heavy atom. The van der Waals surface area contributed by atoms with Crippen LogP contribution in [0.4, 0.5) is 0 Å². The normalized spacial score (nSPS) is 32.3. The Morgan fingerprint density at radius 1 is 1.25 bits per heavy atom. The molecule has 1 heterocycles. The summed E-state index contributed by atoms with van der Waals surface area (Å²) in [4.78, 5) is 0. The molecule has 3 atom stereocenters. The second-order valence-electron chi connectivity index (χ2n) is 6.21. The summed E-state index contributed by atoms with van der Waals surface area (Å²) >= 11 is 0. The average molecular weight is 304 g/mol. The molecule has 1 saturated carbocycles. The van der Waals surface area contributed by atoms with Gasteiger partial charge in [0, 0.05) is 33.3 Å². The van der Waals surface area contributed by atoms with Crippen LogP contribution >= 0.6 is 0 Å². The number of methoxy groups -OCH3 is 1. The van der Waals surface area contributed by atoms with Gasteiger partial charge in [-0.15, -0.1) is 0 Å². The number of ether oxygens (including phenoxy) is 1. The maximum Gasteiger partial charge on any atom is 0.282 e. The number of rotatable bonds is 5. The molecule has 0 amide bonds. The van der Waals surface area contributed by atoms with Crippen molar-refractivity contribution in [3.8, 4) is 0 Å². The van der Waals surface area contributed by atoms with Gasteiger partial charge >= 0.3 is 0 Å². The molecule has 2 fully saturated rings. The first kappa shape index (κ1) is 16.2. The van der Waals surface area contributed by atoms with Crippen LogP contribution in [0.5, 0.6) is 0 Å². The van der Waals surface area contributed by atoms with E-state index in [9.17, 15) is 8.42 Å². The molecule has 1 saturated heterocycles. The molecule has 0 aromatic heterocycles. The van der Waals surface area contributed by atoms with Crippen LogP contribution in [-0.2, 0) is 14.9 Å². The summed E-state index contributed by atoms with van der Waals surface area (Å²) in [5.41, 5.74) is 0. The van der Waals surface area contributed by atoms with Gasteiger partial charge in [0.05, 0.1) is 6.61 Å². The highest BCUT2D eigenvalue weighted by atomic mass is 32.2. The van der Waals surface area contributed by atoms with E-state index in [2.05, 4.69) is 6.92 Å². The highest BCUT2D eigenvalue weighted by Gasteiger charge is 2.43. The van der Waals surface area contributed by atoms with Crippen molar-refractivity contribution in [1.29, 1.82) is 0 Å². The maximum absolute atomic E-state index is 12.7. The van der Waals surface area contributed by atoms with Crippen LogP contribution in [0.2, 0.25) is 0 Å². The summed E-state index contributed by atoms with van der Waals surface area (Å²) in [6.45, 7) is 3.81. The van der Waals surface area contributed by atoms with Crippen LogP contribution in [0.15, 0.2) is 0 Å². The van der Waals surface area contributed by atoms with Crippen LogP contribution in [0.25, 0.3) is 0 Å². The van der Waals surface area contributed by atoms with Crippen molar-refractivity contribution in [3.05, 3.63) is 0 Å². The molecule has 20 heavy (non-hydrogen) atoms. The van der Waals surface area contributed by atoms with Gasteiger partial charge in [-0.2, -0.15) is 17.0 Å². The molecule has 5 nitrogen and oxygen atoms in total. The van der Waals surface area contributed by atoms with E-state index in [4.69, 9.17) is 4.74 Å². The minimum absolute atomic E-state index is 0.211. The number of hydrogen-bond donors (Lipinski definition) is 0. The van der Waals surface area contributed by atoms with Crippen molar-refractivity contribution in [2.75, 3.05) is 33.9 Å². The molecule has 6 heteroatoms. The summed E-state index contributed by atoms with van der Waals surface area (Å²) < 4.78 is 33.7. The van der Waals surface area contributed by atoms with E-state index >= 15 is 0 Å². The number of hydrogen-bond acceptors (Lipinski definition) is 3. The summed E-state index contributed by atoms with van der Waals surface area (Å²) in [6.07, 6.45) is 5.59. The minimum atomic E-state index is -3.34. The lowest BCUT2D eigenvalue weighted by atomic mass is 9.74. The fraction of sp³-hybridized carbons (Fsp3) is 1.00. The van der Waals surface area contributed by atoms with Gasteiger partial charge in [-0.3, -0.25) is 0 Å². The molecule has 1 aliphatic carbocycles. The Hall–Kier alpha value is -0.170. The molecular formula is C14H28N2O3S. The van der Waals surface area contributed by atoms with Gasteiger partial charge in [0.1, 0.15) is 0 Å². The van der Waals surface area contributed by atoms with Gasteiger partial charge in [0.15, 0.2) is 0 Å². The first-order valence-electron chi connectivity index (χ1n) is 7.70. The van der Waals surface area contributed by atoms with E-state index in [0.717, 1.165) is 19.3 Å². The third kappa shape index (κ3) is 3.18. The van der Waals surface area contributed by atoms with Crippen molar-refractivity contribution < 1.29 is 13.2 Å². The molecule has 0 bridgehead atoms. The van der Waals surface area contributed by atoms with Crippen LogP contribution in [-0.4, -0.2) is 56.9 Å². The molecule has 0 spiro atoms. The van der Waals surface area contributed by atoms with Crippen LogP contribution in [0, 0.1) is 11.8 Å². The van der Waals surface area contributed by atoms with Crippen LogP contribution < -0.4 is 0 Å². The molecule has 0 radical (unpaired) electrons. The van der Waals surface area contributed by atoms with Gasteiger partial charge in [0.2, 0.25) is 0 Å². The second-order valence-corrected chi connectivity index (χ2v) is 8.20. The number of fused-ring (bicyclic) bond motifs is 1. The largest absolute Gasteiger partial charge is 0.383 e. The molecule has 2 rings (SSSR count). The standard InChI is InChI=1S/C14H28N2O3S/c1-12-8-9-16(14-7-5-4-6-13(12)14)20(17,18)15(2)10-11-19-3/h12-14H,4-11H2,1-3H3/t12-,13+,14-/m0/s1. The van der Waals surface area contributed by atoms with Gasteiger partial charge in [-0.1, -0.05) is 19.8 Å². The molecule has 0 unspecified atom stereocenters. The van der Waals surface area contributed by atoms with Crippen molar-refractivity contribution in [2.24, 2.45) is 11.8 Å². The zero-order chi connectivity index (χ0) is 14.8. The summed E-state index contributed by atoms with van der Waals surface area (Å²) in [6, 6.07) is 0.211. The topological polar surface area (TPSA) is 49.9 Å². The zero-order valence-electron chi connectivity index (χ0n) is 12.9. The Bertz CT molecular complexity index is 413. The highest BCUT2D eigenvalue weighted by molar-refractivity contribution is 7.86. The molecule has 0 aromatic carbocycles. The first-order chi connectivity index (χ1) is 9.48. The average Bonchev–Trinajstić information content (AvgIpc) is 2.45. The lowest BCUT2D eigenvalue weighted by molar-refractivity contribution is 0.0773. The van der Waals surface area contributed by atoms with Gasteiger partial charge in [-0.05, 0) is 31.1 Å². The minimum Gasteiger partial charge on any atom is -0.383 e. The Balaban J connectivity index is 2.13. The molecule has 1 aliphatic heterocycles. The Morgan fingerprint density at radius 3 is 2.65 bits per heavy atom. The molecule has 0 N–H and O–H groups in total. The van der Waals surface area contributed by atoms with E-state index in [-0.39, 0.29) is 6.04 Å². The lowest BCUT2D eigenvalue weighted by Gasteiger charge is -2.47. The maximum atomic E-state index is 12.7. The third-order valence-corrected chi connectivity index (χ3v) is 7.00. The van der Waals surface area contributed by atoms with E-state index in [1.807, 2.05) is 0 Å². The van der Waals surface area contributed by atoms with Crippen molar-refractivity contribution >= 4 is 10.2 Å². The van der Waals surface area contributed by atoms with Crippen molar-refractivity contribution in [3.63, 3.8) is 0 Å². The van der Waals surface area contributed by atoms with Crippen molar-refractivity contribution in [2.45, 2.75) is 45.1 Å². The molecular weight excluding hydrogens is 276 g/mol. The smallest absolute Gasteiger partial charge is 0.282 e. The lowest BCUT2D eigenvalue weighted by Crippen LogP contribution is -2.55. The number of likely N-dealkylation sites (N-methyl/N-ethyl adjacent to an activating group) is 1. The number of piperidine rings is 1. The van der Waals surface area contributed by atoms with E-state index < -0.39 is 10.2 Å². The van der Waals surface area contributed by atoms with Crippen LogP contribution in [0.1, 0.15) is 39.0 Å². The van der Waals surface area contributed by atoms with E-state index in [1.165, 1.54) is 17.1 Å². The fourth-order valence-electron chi connectivity index (χ4n) is 3.67. The van der Waals surface area contributed by atoms with Gasteiger partial charge in [0.25, 0.3) is 10.2 Å². The quantitative estimate of drug-likeness (QED) is 0.777. The Kier molecular flexibility index (Phi) is 5.45. The van der Waals surface area contributed by atoms with E-state index in [1.54, 1.807) is 18.5 Å². The van der Waals surface area contributed by atoms with Crippen LogP contribution in [0.3, 0.4) is 0 Å². The molecule has 118 valence electrons. The molecule has 0 aromatic rings. The predicted molar refractivity (Wildman–Crippen MR) is 79.7 cm³/mol. The van der Waals surface area contributed by atoms with Crippen molar-refractivity contribution in [1.82, 2.24) is 8.61 Å². The zero-order valence-corrected chi connectivity index (χ0v) is 13.7. The first-order valence-corrected chi connectivity index (χ1v) is 9.10. The van der Waals surface area contributed by atoms with Gasteiger partial charge < -0.3 is 4.74 Å². The predicted octanol–water partition coefficient (Wildman–Crippen LogP) is 1.71. The summed E-state index contributed by atoms with van der Waals surface area (Å²) in [5.74, 6) is 1.19.